The number of aromatic nitrogens is 1. The first-order valence-corrected chi connectivity index (χ1v) is 10.5. The molecular weight excluding hydrogens is 350 g/mol. The number of carbonyl (C=O) groups is 1. The zero-order valence-corrected chi connectivity index (χ0v) is 16.7. The van der Waals surface area contributed by atoms with Crippen molar-refractivity contribution in [2.24, 2.45) is 14.8 Å². The van der Waals surface area contributed by atoms with Gasteiger partial charge in [0, 0.05) is 37.9 Å². The van der Waals surface area contributed by atoms with Gasteiger partial charge in [-0.05, 0) is 23.8 Å². The highest BCUT2D eigenvalue weighted by Gasteiger charge is 2.25. The summed E-state index contributed by atoms with van der Waals surface area (Å²) >= 11 is 0. The molecule has 1 aromatic heterocycles. The van der Waals surface area contributed by atoms with Crippen LogP contribution in [-0.2, 0) is 15.4 Å². The Morgan fingerprint density at radius 1 is 1.31 bits per heavy atom. The van der Waals surface area contributed by atoms with Crippen LogP contribution in [0.1, 0.15) is 32.5 Å². The SMILES string of the molecule is CS1=NC(c2ccnc(N3CCN(C(=O)OCC(C)(C)C)CC3)c2)N=C1. The van der Waals surface area contributed by atoms with E-state index < -0.39 is 0 Å². The second-order valence-electron chi connectivity index (χ2n) is 7.79. The largest absolute Gasteiger partial charge is 0.449 e. The molecule has 0 bridgehead atoms. The van der Waals surface area contributed by atoms with E-state index in [1.165, 1.54) is 0 Å². The van der Waals surface area contributed by atoms with Crippen molar-refractivity contribution in [3.63, 3.8) is 0 Å². The van der Waals surface area contributed by atoms with Crippen LogP contribution in [-0.4, -0.2) is 60.6 Å². The molecule has 0 radical (unpaired) electrons. The van der Waals surface area contributed by atoms with Crippen molar-refractivity contribution in [2.75, 3.05) is 43.9 Å². The summed E-state index contributed by atoms with van der Waals surface area (Å²) in [5.41, 5.74) is 2.95. The third-order valence-corrected chi connectivity index (χ3v) is 5.14. The standard InChI is InChI=1S/C18H27N5O2S/c1-18(2,3)12-25-17(24)23-9-7-22(8-10-23)15-11-14(5-6-19-15)16-20-13-26(4)21-16/h5-6,11,13,16H,7-10,12H2,1-4H3. The van der Waals surface area contributed by atoms with Crippen molar-refractivity contribution in [3.8, 4) is 0 Å². The van der Waals surface area contributed by atoms with Crippen LogP contribution in [0.4, 0.5) is 10.6 Å². The van der Waals surface area contributed by atoms with Crippen LogP contribution in [0, 0.1) is 5.41 Å². The molecule has 2 aliphatic heterocycles. The van der Waals surface area contributed by atoms with E-state index in [-0.39, 0.29) is 28.4 Å². The van der Waals surface area contributed by atoms with Crippen LogP contribution >= 0.6 is 0 Å². The summed E-state index contributed by atoms with van der Waals surface area (Å²) in [6.45, 7) is 9.35. The van der Waals surface area contributed by atoms with E-state index >= 15 is 0 Å². The molecule has 1 amide bonds. The van der Waals surface area contributed by atoms with Gasteiger partial charge in [-0.2, -0.15) is 0 Å². The van der Waals surface area contributed by atoms with Crippen molar-refractivity contribution in [3.05, 3.63) is 23.9 Å². The van der Waals surface area contributed by atoms with E-state index in [1.807, 2.05) is 17.8 Å². The van der Waals surface area contributed by atoms with Crippen LogP contribution in [0.25, 0.3) is 0 Å². The number of ether oxygens (including phenoxy) is 1. The van der Waals surface area contributed by atoms with Gasteiger partial charge in [-0.3, -0.25) is 4.99 Å². The topological polar surface area (TPSA) is 70.4 Å². The molecule has 142 valence electrons. The minimum Gasteiger partial charge on any atom is -0.449 e. The lowest BCUT2D eigenvalue weighted by Gasteiger charge is -2.35. The van der Waals surface area contributed by atoms with Gasteiger partial charge in [0.2, 0.25) is 0 Å². The molecule has 2 unspecified atom stereocenters. The average Bonchev–Trinajstić information content (AvgIpc) is 3.06. The number of pyridine rings is 1. The summed E-state index contributed by atoms with van der Waals surface area (Å²) in [5.74, 6) is 0.915. The summed E-state index contributed by atoms with van der Waals surface area (Å²) in [4.78, 5) is 25.1. The van der Waals surface area contributed by atoms with Crippen LogP contribution in [0.2, 0.25) is 0 Å². The first-order chi connectivity index (χ1) is 12.3. The van der Waals surface area contributed by atoms with Gasteiger partial charge in [0.05, 0.1) is 12.2 Å². The smallest absolute Gasteiger partial charge is 0.409 e. The minimum absolute atomic E-state index is 0.0202. The van der Waals surface area contributed by atoms with E-state index in [0.717, 1.165) is 24.5 Å². The summed E-state index contributed by atoms with van der Waals surface area (Å²) in [5, 5.41) is 0. The Labute approximate surface area is 157 Å². The van der Waals surface area contributed by atoms with Crippen molar-refractivity contribution >= 4 is 28.1 Å². The Bertz CT molecular complexity index is 721. The summed E-state index contributed by atoms with van der Waals surface area (Å²) in [6.07, 6.45) is 3.53. The maximum Gasteiger partial charge on any atom is 0.409 e. The van der Waals surface area contributed by atoms with Crippen molar-refractivity contribution < 1.29 is 9.53 Å². The summed E-state index contributed by atoms with van der Waals surface area (Å²) in [6, 6.07) is 4.03. The highest BCUT2D eigenvalue weighted by Crippen LogP contribution is 2.26. The molecule has 3 rings (SSSR count). The number of amides is 1. The zero-order chi connectivity index (χ0) is 18.7. The monoisotopic (exact) mass is 377 g/mol. The third kappa shape index (κ3) is 4.81. The number of carbonyl (C=O) groups excluding carboxylic acids is 1. The maximum atomic E-state index is 12.2. The van der Waals surface area contributed by atoms with Gasteiger partial charge >= 0.3 is 6.09 Å². The summed E-state index contributed by atoms with van der Waals surface area (Å²) < 4.78 is 10.0. The number of aliphatic imine (C=N–C) groups is 1. The molecule has 0 N–H and O–H groups in total. The van der Waals surface area contributed by atoms with Gasteiger partial charge in [0.1, 0.15) is 5.82 Å². The predicted molar refractivity (Wildman–Crippen MR) is 106 cm³/mol. The lowest BCUT2D eigenvalue weighted by atomic mass is 9.99. The number of rotatable bonds is 3. The first kappa shape index (κ1) is 18.8. The third-order valence-electron chi connectivity index (χ3n) is 4.18. The molecule has 8 heteroatoms. The second-order valence-corrected chi connectivity index (χ2v) is 9.26. The van der Waals surface area contributed by atoms with E-state index in [0.29, 0.717) is 19.7 Å². The molecule has 3 heterocycles. The van der Waals surface area contributed by atoms with Crippen molar-refractivity contribution in [1.29, 1.82) is 0 Å². The Kier molecular flexibility index (Phi) is 5.60. The normalized spacial score (nSPS) is 23.1. The fourth-order valence-corrected chi connectivity index (χ4v) is 3.60. The number of hydrogen-bond acceptors (Lipinski definition) is 6. The van der Waals surface area contributed by atoms with Gasteiger partial charge in [-0.1, -0.05) is 31.5 Å². The number of hydrogen-bond donors (Lipinski definition) is 0. The van der Waals surface area contributed by atoms with Gasteiger partial charge in [-0.25, -0.2) is 14.1 Å². The minimum atomic E-state index is -0.227. The number of nitrogens with zero attached hydrogens (tertiary/aromatic N) is 5. The molecule has 1 fully saturated rings. The van der Waals surface area contributed by atoms with E-state index in [1.54, 1.807) is 4.90 Å². The van der Waals surface area contributed by atoms with Crippen LogP contribution in [0.15, 0.2) is 27.7 Å². The van der Waals surface area contributed by atoms with Gasteiger partial charge in [0.15, 0.2) is 6.17 Å². The quantitative estimate of drug-likeness (QED) is 0.812. The van der Waals surface area contributed by atoms with Crippen molar-refractivity contribution in [2.45, 2.75) is 26.9 Å². The van der Waals surface area contributed by atoms with E-state index in [2.05, 4.69) is 52.3 Å². The first-order valence-electron chi connectivity index (χ1n) is 8.83. The van der Waals surface area contributed by atoms with Crippen LogP contribution < -0.4 is 4.90 Å². The Morgan fingerprint density at radius 3 is 2.65 bits per heavy atom. The molecule has 1 saturated heterocycles. The van der Waals surface area contributed by atoms with Gasteiger partial charge < -0.3 is 14.5 Å². The lowest BCUT2D eigenvalue weighted by Crippen LogP contribution is -2.49. The molecule has 0 aromatic carbocycles. The fraction of sp³-hybridized carbons (Fsp3) is 0.611. The Hall–Kier alpha value is -1.96. The highest BCUT2D eigenvalue weighted by atomic mass is 32.2. The molecular formula is C18H27N5O2S. The number of anilines is 1. The fourth-order valence-electron chi connectivity index (χ4n) is 2.76. The van der Waals surface area contributed by atoms with E-state index in [4.69, 9.17) is 4.74 Å². The van der Waals surface area contributed by atoms with Gasteiger partial charge in [-0.15, -0.1) is 0 Å². The number of piperazine rings is 1. The van der Waals surface area contributed by atoms with Crippen molar-refractivity contribution in [1.82, 2.24) is 9.88 Å². The Balaban J connectivity index is 1.57. The Morgan fingerprint density at radius 2 is 2.04 bits per heavy atom. The lowest BCUT2D eigenvalue weighted by molar-refractivity contribution is 0.0707. The van der Waals surface area contributed by atoms with Crippen LogP contribution in [0.3, 0.4) is 0 Å². The van der Waals surface area contributed by atoms with Gasteiger partial charge in [0.25, 0.3) is 0 Å². The zero-order valence-electron chi connectivity index (χ0n) is 15.9. The molecule has 2 atom stereocenters. The highest BCUT2D eigenvalue weighted by molar-refractivity contribution is 8.00. The van der Waals surface area contributed by atoms with Crippen LogP contribution in [0.5, 0.6) is 0 Å². The molecule has 7 nitrogen and oxygen atoms in total. The summed E-state index contributed by atoms with van der Waals surface area (Å²) in [7, 11) is -0.0922. The predicted octanol–water partition coefficient (Wildman–Crippen LogP) is 2.86. The molecule has 1 aromatic rings. The molecule has 26 heavy (non-hydrogen) atoms. The molecule has 0 spiro atoms. The molecule has 0 aliphatic carbocycles. The van der Waals surface area contributed by atoms with E-state index in [9.17, 15) is 4.79 Å². The molecule has 2 aliphatic rings. The second kappa shape index (κ2) is 7.73. The maximum absolute atomic E-state index is 12.2. The average molecular weight is 378 g/mol. The molecule has 0 saturated carbocycles.